The molecule has 28 heavy (non-hydrogen) atoms. The molecule has 2 aromatic carbocycles. The quantitative estimate of drug-likeness (QED) is 0.631. The number of rotatable bonds is 8. The van der Waals surface area contributed by atoms with Gasteiger partial charge < -0.3 is 15.1 Å². The normalized spacial score (nSPS) is 11.6. The van der Waals surface area contributed by atoms with Crippen LogP contribution in [0.5, 0.6) is 0 Å². The third kappa shape index (κ3) is 5.54. The molecule has 1 aromatic heterocycles. The molecule has 3 rings (SSSR count). The minimum atomic E-state index is -0.742. The minimum Gasteiger partial charge on any atom is -0.459 e. The number of furan rings is 1. The molecule has 6 heteroatoms. The largest absolute Gasteiger partial charge is 0.459 e. The number of hydrogen-bond acceptors (Lipinski definition) is 3. The molecule has 0 aliphatic carbocycles. The van der Waals surface area contributed by atoms with E-state index in [0.717, 1.165) is 11.1 Å². The summed E-state index contributed by atoms with van der Waals surface area (Å²) >= 11 is 0. The fourth-order valence-corrected chi connectivity index (χ4v) is 2.80. The Morgan fingerprint density at radius 1 is 0.929 bits per heavy atom. The van der Waals surface area contributed by atoms with Crippen molar-refractivity contribution in [2.75, 3.05) is 6.54 Å². The fourth-order valence-electron chi connectivity index (χ4n) is 2.80. The van der Waals surface area contributed by atoms with Crippen LogP contribution in [0.2, 0.25) is 0 Å². The zero-order valence-electron chi connectivity index (χ0n) is 15.2. The van der Waals surface area contributed by atoms with Crippen LogP contribution in [0.1, 0.15) is 21.7 Å². The lowest BCUT2D eigenvalue weighted by Crippen LogP contribution is -2.48. The van der Waals surface area contributed by atoms with Gasteiger partial charge in [0.2, 0.25) is 5.91 Å². The Bertz CT molecular complexity index is 893. The zero-order valence-corrected chi connectivity index (χ0v) is 15.2. The first kappa shape index (κ1) is 19.4. The van der Waals surface area contributed by atoms with Crippen molar-refractivity contribution in [3.8, 4) is 0 Å². The van der Waals surface area contributed by atoms with E-state index in [1.54, 1.807) is 24.3 Å². The molecule has 2 N–H and O–H groups in total. The number of benzene rings is 2. The maximum absolute atomic E-state index is 13.0. The van der Waals surface area contributed by atoms with Crippen LogP contribution in [0, 0.1) is 5.82 Å². The predicted octanol–water partition coefficient (Wildman–Crippen LogP) is 3.12. The number of carbonyl (C=O) groups excluding carboxylic acids is 2. The van der Waals surface area contributed by atoms with Gasteiger partial charge in [0, 0.05) is 13.0 Å². The van der Waals surface area contributed by atoms with Crippen LogP contribution >= 0.6 is 0 Å². The third-order valence-corrected chi connectivity index (χ3v) is 4.28. The highest BCUT2D eigenvalue weighted by Gasteiger charge is 2.22. The van der Waals surface area contributed by atoms with E-state index in [4.69, 9.17) is 4.42 Å². The Hall–Kier alpha value is -3.41. The summed E-state index contributed by atoms with van der Waals surface area (Å²) in [6, 6.07) is 18.0. The Kier molecular flexibility index (Phi) is 6.57. The second kappa shape index (κ2) is 9.50. The van der Waals surface area contributed by atoms with E-state index < -0.39 is 11.9 Å². The maximum atomic E-state index is 13.0. The molecule has 0 unspecified atom stereocenters. The average Bonchev–Trinajstić information content (AvgIpc) is 3.25. The first-order valence-corrected chi connectivity index (χ1v) is 9.02. The van der Waals surface area contributed by atoms with Gasteiger partial charge in [0.1, 0.15) is 11.9 Å². The van der Waals surface area contributed by atoms with Crippen LogP contribution in [-0.4, -0.2) is 24.4 Å². The van der Waals surface area contributed by atoms with Gasteiger partial charge in [0.25, 0.3) is 5.91 Å². The molecule has 5 nitrogen and oxygen atoms in total. The molecule has 0 aliphatic rings. The van der Waals surface area contributed by atoms with Crippen molar-refractivity contribution >= 4 is 11.8 Å². The zero-order chi connectivity index (χ0) is 19.8. The number of carbonyl (C=O) groups is 2. The molecular weight excluding hydrogens is 359 g/mol. The van der Waals surface area contributed by atoms with Crippen LogP contribution in [0.25, 0.3) is 0 Å². The van der Waals surface area contributed by atoms with Gasteiger partial charge in [-0.1, -0.05) is 42.5 Å². The van der Waals surface area contributed by atoms with E-state index in [-0.39, 0.29) is 17.5 Å². The van der Waals surface area contributed by atoms with Gasteiger partial charge in [-0.25, -0.2) is 4.39 Å². The molecule has 144 valence electrons. The van der Waals surface area contributed by atoms with Gasteiger partial charge in [-0.3, -0.25) is 9.59 Å². The van der Waals surface area contributed by atoms with E-state index in [1.165, 1.54) is 18.4 Å². The Morgan fingerprint density at radius 2 is 1.68 bits per heavy atom. The third-order valence-electron chi connectivity index (χ3n) is 4.28. The predicted molar refractivity (Wildman–Crippen MR) is 103 cm³/mol. The molecule has 1 atom stereocenters. The molecule has 0 bridgehead atoms. The SMILES string of the molecule is O=C(N[C@@H](Cc1ccccc1)C(=O)NCCc1ccc(F)cc1)c1ccco1. The van der Waals surface area contributed by atoms with E-state index in [2.05, 4.69) is 10.6 Å². The number of amides is 2. The van der Waals surface area contributed by atoms with Gasteiger partial charge in [-0.15, -0.1) is 0 Å². The van der Waals surface area contributed by atoms with Crippen molar-refractivity contribution in [2.45, 2.75) is 18.9 Å². The summed E-state index contributed by atoms with van der Waals surface area (Å²) in [5, 5.41) is 5.57. The molecule has 0 fully saturated rings. The van der Waals surface area contributed by atoms with E-state index >= 15 is 0 Å². The van der Waals surface area contributed by atoms with Crippen molar-refractivity contribution in [2.24, 2.45) is 0 Å². The average molecular weight is 380 g/mol. The van der Waals surface area contributed by atoms with Crippen molar-refractivity contribution in [1.82, 2.24) is 10.6 Å². The minimum absolute atomic E-state index is 0.150. The Labute approximate surface area is 162 Å². The van der Waals surface area contributed by atoms with Gasteiger partial charge in [-0.05, 0) is 41.8 Å². The lowest BCUT2D eigenvalue weighted by atomic mass is 10.0. The van der Waals surface area contributed by atoms with Crippen LogP contribution < -0.4 is 10.6 Å². The highest BCUT2D eigenvalue weighted by atomic mass is 19.1. The molecule has 0 radical (unpaired) electrons. The summed E-state index contributed by atoms with van der Waals surface area (Å²) in [6.07, 6.45) is 2.33. The van der Waals surface area contributed by atoms with Crippen molar-refractivity contribution < 1.29 is 18.4 Å². The van der Waals surface area contributed by atoms with Crippen LogP contribution in [0.3, 0.4) is 0 Å². The van der Waals surface area contributed by atoms with Gasteiger partial charge in [-0.2, -0.15) is 0 Å². The Morgan fingerprint density at radius 3 is 2.36 bits per heavy atom. The summed E-state index contributed by atoms with van der Waals surface area (Å²) in [4.78, 5) is 25.0. The lowest BCUT2D eigenvalue weighted by Gasteiger charge is -2.18. The summed E-state index contributed by atoms with van der Waals surface area (Å²) in [5.41, 5.74) is 1.85. The second-order valence-electron chi connectivity index (χ2n) is 6.36. The van der Waals surface area contributed by atoms with Crippen LogP contribution in [0.15, 0.2) is 77.4 Å². The molecule has 0 spiro atoms. The first-order valence-electron chi connectivity index (χ1n) is 9.02. The summed E-state index contributed by atoms with van der Waals surface area (Å²) in [6.45, 7) is 0.381. The smallest absolute Gasteiger partial charge is 0.287 e. The van der Waals surface area contributed by atoms with Crippen molar-refractivity contribution in [3.63, 3.8) is 0 Å². The fraction of sp³-hybridized carbons (Fsp3) is 0.182. The summed E-state index contributed by atoms with van der Waals surface area (Å²) < 4.78 is 18.1. The Balaban J connectivity index is 1.61. The molecule has 3 aromatic rings. The number of nitrogens with one attached hydrogen (secondary N) is 2. The summed E-state index contributed by atoms with van der Waals surface area (Å²) in [5.74, 6) is -0.876. The molecule has 2 amide bonds. The maximum Gasteiger partial charge on any atom is 0.287 e. The summed E-state index contributed by atoms with van der Waals surface area (Å²) in [7, 11) is 0. The highest BCUT2D eigenvalue weighted by molar-refractivity contribution is 5.95. The molecule has 0 aliphatic heterocycles. The monoisotopic (exact) mass is 380 g/mol. The standard InChI is InChI=1S/C22H21FN2O3/c23-18-10-8-16(9-11-18)12-13-24-21(26)19(15-17-5-2-1-3-6-17)25-22(27)20-7-4-14-28-20/h1-11,14,19H,12-13,15H2,(H,24,26)(H,25,27)/t19-/m0/s1. The van der Waals surface area contributed by atoms with Gasteiger partial charge in [0.05, 0.1) is 6.26 Å². The van der Waals surface area contributed by atoms with E-state index in [9.17, 15) is 14.0 Å². The van der Waals surface area contributed by atoms with E-state index in [1.807, 2.05) is 30.3 Å². The van der Waals surface area contributed by atoms with E-state index in [0.29, 0.717) is 19.4 Å². The van der Waals surface area contributed by atoms with Crippen molar-refractivity contribution in [1.29, 1.82) is 0 Å². The highest BCUT2D eigenvalue weighted by Crippen LogP contribution is 2.07. The molecular formula is C22H21FN2O3. The second-order valence-corrected chi connectivity index (χ2v) is 6.36. The van der Waals surface area contributed by atoms with Gasteiger partial charge >= 0.3 is 0 Å². The number of halogens is 1. The molecule has 1 heterocycles. The van der Waals surface area contributed by atoms with Crippen LogP contribution in [0.4, 0.5) is 4.39 Å². The molecule has 0 saturated heterocycles. The lowest BCUT2D eigenvalue weighted by molar-refractivity contribution is -0.122. The van der Waals surface area contributed by atoms with Gasteiger partial charge in [0.15, 0.2) is 5.76 Å². The molecule has 0 saturated carbocycles. The number of hydrogen-bond donors (Lipinski definition) is 2. The van der Waals surface area contributed by atoms with Crippen molar-refractivity contribution in [3.05, 3.63) is 95.7 Å². The topological polar surface area (TPSA) is 71.3 Å². The first-order chi connectivity index (χ1) is 13.6. The van der Waals surface area contributed by atoms with Crippen LogP contribution in [-0.2, 0) is 17.6 Å².